The predicted octanol–water partition coefficient (Wildman–Crippen LogP) is 10.3. The molecule has 18 heteroatoms. The summed E-state index contributed by atoms with van der Waals surface area (Å²) in [5, 5.41) is 35.6. The van der Waals surface area contributed by atoms with E-state index in [2.05, 4.69) is 80.6 Å². The number of phenolic OH excluding ortho intramolecular Hbond substituents is 2. The first-order valence-corrected chi connectivity index (χ1v) is 24.3. The van der Waals surface area contributed by atoms with Crippen LogP contribution >= 0.6 is 0 Å². The lowest BCUT2D eigenvalue weighted by molar-refractivity contribution is -0.114. The van der Waals surface area contributed by atoms with Crippen LogP contribution in [0.25, 0.3) is 21.5 Å². The van der Waals surface area contributed by atoms with Gasteiger partial charge in [0.1, 0.15) is 48.9 Å². The maximum Gasteiger partial charge on any atom is 0.255 e. The van der Waals surface area contributed by atoms with Crippen LogP contribution in [0.5, 0.6) is 28.7 Å². The van der Waals surface area contributed by atoms with Gasteiger partial charge in [-0.3, -0.25) is 9.59 Å². The molecule has 6 aromatic carbocycles. The number of azo groups is 1. The smallest absolute Gasteiger partial charge is 0.255 e. The van der Waals surface area contributed by atoms with Gasteiger partial charge in [-0.1, -0.05) is 77.9 Å². The van der Waals surface area contributed by atoms with Gasteiger partial charge in [-0.25, -0.2) is 16.8 Å². The Morgan fingerprint density at radius 3 is 2.04 bits per heavy atom. The maximum atomic E-state index is 13.5. The molecule has 0 atom stereocenters. The molecular formula is C49H52N4O12S2-2. The zero-order chi connectivity index (χ0) is 49.1. The number of aromatic hydroxyl groups is 2. The SMILES string of the molecule is CCC(C)(C)c1ccc(OCCCCNC(=O)c2cc(Oc3ccc(N=Nc4c(S(=O)(=O)[O-])cc5cc(S(=O)(=O)[O-])cc(NC(C)=O)c5c4O)cc3)c3ccccc3c2O)c(C(C)(C)CC)c1. The highest BCUT2D eigenvalue weighted by Crippen LogP contribution is 2.46. The Bertz CT molecular complexity index is 3130. The molecule has 16 nitrogen and oxygen atoms in total. The molecule has 0 spiro atoms. The third kappa shape index (κ3) is 11.3. The molecule has 0 aliphatic heterocycles. The number of fused-ring (bicyclic) bond motifs is 2. The summed E-state index contributed by atoms with van der Waals surface area (Å²) in [6.07, 6.45) is 3.24. The second-order valence-electron chi connectivity index (χ2n) is 17.3. The van der Waals surface area contributed by atoms with Crippen LogP contribution in [0.15, 0.2) is 111 Å². The third-order valence-corrected chi connectivity index (χ3v) is 13.6. The minimum atomic E-state index is -5.39. The van der Waals surface area contributed by atoms with Crippen molar-refractivity contribution < 1.29 is 55.2 Å². The summed E-state index contributed by atoms with van der Waals surface area (Å²) in [4.78, 5) is 23.5. The van der Waals surface area contributed by atoms with Crippen LogP contribution in [0.2, 0.25) is 0 Å². The highest BCUT2D eigenvalue weighted by Gasteiger charge is 2.27. The van der Waals surface area contributed by atoms with Gasteiger partial charge in [-0.05, 0) is 102 Å². The quantitative estimate of drug-likeness (QED) is 0.0356. The Labute approximate surface area is 389 Å². The fourth-order valence-electron chi connectivity index (χ4n) is 7.29. The number of ether oxygens (including phenoxy) is 2. The average Bonchev–Trinajstić information content (AvgIpc) is 3.27. The van der Waals surface area contributed by atoms with Crippen molar-refractivity contribution in [1.29, 1.82) is 0 Å². The fraction of sp³-hybridized carbons (Fsp3) is 0.306. The van der Waals surface area contributed by atoms with E-state index in [-0.39, 0.29) is 55.8 Å². The number of nitrogens with zero attached hydrogens (tertiary/aromatic N) is 2. The highest BCUT2D eigenvalue weighted by molar-refractivity contribution is 7.86. The summed E-state index contributed by atoms with van der Waals surface area (Å²) in [6, 6.07) is 22.8. The van der Waals surface area contributed by atoms with Crippen molar-refractivity contribution >= 4 is 70.7 Å². The lowest BCUT2D eigenvalue weighted by Gasteiger charge is -2.30. The highest BCUT2D eigenvalue weighted by atomic mass is 32.2. The topological polar surface area (TPSA) is 256 Å². The number of carbonyl (C=O) groups is 2. The van der Waals surface area contributed by atoms with Gasteiger partial charge in [0.2, 0.25) is 5.91 Å². The van der Waals surface area contributed by atoms with Crippen LogP contribution in [0.1, 0.15) is 95.6 Å². The Kier molecular flexibility index (Phi) is 14.7. The van der Waals surface area contributed by atoms with E-state index in [1.807, 2.05) is 0 Å². The number of hydrogen-bond donors (Lipinski definition) is 4. The molecule has 0 saturated carbocycles. The molecule has 0 saturated heterocycles. The van der Waals surface area contributed by atoms with E-state index in [9.17, 15) is 45.7 Å². The van der Waals surface area contributed by atoms with Gasteiger partial charge in [0.05, 0.1) is 33.3 Å². The second kappa shape index (κ2) is 19.7. The number of carbonyl (C=O) groups excluding carboxylic acids is 2. The predicted molar refractivity (Wildman–Crippen MR) is 252 cm³/mol. The van der Waals surface area contributed by atoms with Crippen LogP contribution in [-0.2, 0) is 35.9 Å². The Morgan fingerprint density at radius 1 is 0.746 bits per heavy atom. The lowest BCUT2D eigenvalue weighted by atomic mass is 9.76. The molecular weight excluding hydrogens is 901 g/mol. The molecule has 4 N–H and O–H groups in total. The first kappa shape index (κ1) is 49.8. The van der Waals surface area contributed by atoms with Crippen molar-refractivity contribution in [1.82, 2.24) is 5.32 Å². The molecule has 0 fully saturated rings. The number of unbranched alkanes of at least 4 members (excludes halogenated alkanes) is 1. The van der Waals surface area contributed by atoms with Crippen LogP contribution in [0, 0.1) is 0 Å². The summed E-state index contributed by atoms with van der Waals surface area (Å²) in [6.45, 7) is 15.1. The normalized spacial score (nSPS) is 12.4. The summed E-state index contributed by atoms with van der Waals surface area (Å²) in [5.74, 6) is -1.04. The van der Waals surface area contributed by atoms with Gasteiger partial charge in [0.15, 0.2) is 5.75 Å². The van der Waals surface area contributed by atoms with E-state index in [0.29, 0.717) is 42.8 Å². The average molecular weight is 953 g/mol. The number of hydrogen-bond acceptors (Lipinski definition) is 14. The molecule has 2 amide bonds. The molecule has 354 valence electrons. The van der Waals surface area contributed by atoms with Crippen molar-refractivity contribution in [3.63, 3.8) is 0 Å². The van der Waals surface area contributed by atoms with Crippen molar-refractivity contribution in [3.05, 3.63) is 108 Å². The number of nitrogens with one attached hydrogen (secondary N) is 2. The molecule has 6 aromatic rings. The van der Waals surface area contributed by atoms with E-state index in [1.165, 1.54) is 41.5 Å². The van der Waals surface area contributed by atoms with Crippen LogP contribution in [0.3, 0.4) is 0 Å². The largest absolute Gasteiger partial charge is 0.744 e. The minimum absolute atomic E-state index is 0.0104. The van der Waals surface area contributed by atoms with Gasteiger partial charge in [-0.15, -0.1) is 5.11 Å². The molecule has 0 unspecified atom stereocenters. The van der Waals surface area contributed by atoms with E-state index in [0.717, 1.165) is 37.6 Å². The van der Waals surface area contributed by atoms with Crippen molar-refractivity contribution in [3.8, 4) is 28.7 Å². The standard InChI is InChI=1S/C49H54N4O12S2/c1-8-48(4,5)31-16-21-40(38(26-31)49(6,7)9-2)64-23-13-12-22-50-47(57)37-28-41(35-14-10-11-15-36(35)45(37)55)65-33-19-17-32(18-20-33)52-53-44-42(67(61,62)63)25-30-24-34(66(58,59)60)27-39(51-29(3)54)43(30)46(44)56/h10-11,14-21,24-28,55-56H,8-9,12-13,22-23H2,1-7H3,(H,50,57)(H,51,54)(H,58,59,60)(H,61,62,63)/p-2. The lowest BCUT2D eigenvalue weighted by Crippen LogP contribution is -2.25. The zero-order valence-corrected chi connectivity index (χ0v) is 39.7. The van der Waals surface area contributed by atoms with Gasteiger partial charge in [0, 0.05) is 35.2 Å². The van der Waals surface area contributed by atoms with Crippen LogP contribution < -0.4 is 20.1 Å². The fourth-order valence-corrected chi connectivity index (χ4v) is 8.47. The second-order valence-corrected chi connectivity index (χ2v) is 20.1. The summed E-state index contributed by atoms with van der Waals surface area (Å²) >= 11 is 0. The van der Waals surface area contributed by atoms with Gasteiger partial charge in [0.25, 0.3) is 5.91 Å². The summed E-state index contributed by atoms with van der Waals surface area (Å²) in [5.41, 5.74) is 1.30. The molecule has 0 aliphatic carbocycles. The number of rotatable bonds is 18. The molecule has 0 bridgehead atoms. The number of amides is 2. The van der Waals surface area contributed by atoms with Gasteiger partial charge >= 0.3 is 0 Å². The molecule has 0 aromatic heterocycles. The van der Waals surface area contributed by atoms with E-state index in [4.69, 9.17) is 9.47 Å². The molecule has 0 aliphatic rings. The zero-order valence-electron chi connectivity index (χ0n) is 38.1. The number of phenols is 2. The van der Waals surface area contributed by atoms with Gasteiger partial charge in [-0.2, -0.15) is 5.11 Å². The maximum absolute atomic E-state index is 13.5. The van der Waals surface area contributed by atoms with Gasteiger partial charge < -0.3 is 39.4 Å². The van der Waals surface area contributed by atoms with Crippen LogP contribution in [-0.4, -0.2) is 61.1 Å². The van der Waals surface area contributed by atoms with E-state index < -0.39 is 53.3 Å². The monoisotopic (exact) mass is 952 g/mol. The number of anilines is 1. The van der Waals surface area contributed by atoms with Crippen molar-refractivity contribution in [2.75, 3.05) is 18.5 Å². The molecule has 0 radical (unpaired) electrons. The Morgan fingerprint density at radius 2 is 1.42 bits per heavy atom. The molecule has 6 rings (SSSR count). The minimum Gasteiger partial charge on any atom is -0.744 e. The Hall–Kier alpha value is -6.60. The third-order valence-electron chi connectivity index (χ3n) is 11.9. The van der Waals surface area contributed by atoms with Crippen molar-refractivity contribution in [2.45, 2.75) is 94.8 Å². The Balaban J connectivity index is 1.17. The molecule has 67 heavy (non-hydrogen) atoms. The first-order chi connectivity index (χ1) is 31.4. The number of benzene rings is 6. The molecule has 0 heterocycles. The first-order valence-electron chi connectivity index (χ1n) is 21.5. The van der Waals surface area contributed by atoms with E-state index >= 15 is 0 Å². The van der Waals surface area contributed by atoms with E-state index in [1.54, 1.807) is 24.3 Å². The summed E-state index contributed by atoms with van der Waals surface area (Å²) in [7, 11) is -10.5. The van der Waals surface area contributed by atoms with Crippen molar-refractivity contribution in [2.24, 2.45) is 10.2 Å². The van der Waals surface area contributed by atoms with Crippen LogP contribution in [0.4, 0.5) is 17.1 Å². The summed E-state index contributed by atoms with van der Waals surface area (Å²) < 4.78 is 85.0.